The first kappa shape index (κ1) is 27.4. The van der Waals surface area contributed by atoms with Gasteiger partial charge in [-0.25, -0.2) is 9.59 Å². The number of benzene rings is 1. The van der Waals surface area contributed by atoms with Crippen LogP contribution in [-0.4, -0.2) is 67.9 Å². The number of ether oxygens (including phenoxy) is 3. The Labute approximate surface area is 189 Å². The number of nitrogens with one attached hydrogen (secondary N) is 1. The maximum absolute atomic E-state index is 12.4. The lowest BCUT2D eigenvalue weighted by Gasteiger charge is -2.18. The number of carbonyl (C=O) groups is 2. The third-order valence-corrected chi connectivity index (χ3v) is 4.01. The number of aryl methyl sites for hydroxylation is 1. The average Bonchev–Trinajstić information content (AvgIpc) is 2.78. The van der Waals surface area contributed by atoms with Crippen LogP contribution in [0.15, 0.2) is 30.3 Å². The van der Waals surface area contributed by atoms with Crippen molar-refractivity contribution in [2.45, 2.75) is 31.7 Å². The van der Waals surface area contributed by atoms with Gasteiger partial charge in [-0.3, -0.25) is 0 Å². The minimum atomic E-state index is -0.978. The van der Waals surface area contributed by atoms with Gasteiger partial charge in [0.25, 0.3) is 10.2 Å². The van der Waals surface area contributed by atoms with Gasteiger partial charge < -0.3 is 29.2 Å². The fourth-order valence-corrected chi connectivity index (χ4v) is 2.47. The third kappa shape index (κ3) is 14.9. The van der Waals surface area contributed by atoms with Crippen LogP contribution in [0.1, 0.15) is 24.8 Å². The summed E-state index contributed by atoms with van der Waals surface area (Å²) in [5.74, 6) is -0.688. The van der Waals surface area contributed by atoms with E-state index in [2.05, 4.69) is 15.0 Å². The van der Waals surface area contributed by atoms with Gasteiger partial charge in [0.1, 0.15) is 19.3 Å². The number of alkyl carbamates (subject to hydrolysis) is 1. The predicted molar refractivity (Wildman–Crippen MR) is 110 cm³/mol. The van der Waals surface area contributed by atoms with E-state index < -0.39 is 28.3 Å². The van der Waals surface area contributed by atoms with E-state index in [-0.39, 0.29) is 46.1 Å². The first-order valence-corrected chi connectivity index (χ1v) is 10.1. The molecule has 1 aromatic carbocycles. The summed E-state index contributed by atoms with van der Waals surface area (Å²) in [6.07, 6.45) is 0.589. The van der Waals surface area contributed by atoms with Crippen LogP contribution in [0.25, 0.3) is 0 Å². The molecule has 1 N–H and O–H groups in total. The number of hydrogen-bond donors (Lipinski definition) is 1. The number of nitrogens with zero attached hydrogens (tertiary/aromatic N) is 2. The van der Waals surface area contributed by atoms with Crippen molar-refractivity contribution >= 4 is 12.1 Å². The summed E-state index contributed by atoms with van der Waals surface area (Å²) in [5, 5.41) is 20.7. The second-order valence-corrected chi connectivity index (χ2v) is 6.46. The van der Waals surface area contributed by atoms with Crippen molar-refractivity contribution in [3.63, 3.8) is 0 Å². The zero-order valence-electron chi connectivity index (χ0n) is 17.9. The summed E-state index contributed by atoms with van der Waals surface area (Å²) in [7, 11) is 0. The summed E-state index contributed by atoms with van der Waals surface area (Å²) < 4.78 is 15.2. The minimum absolute atomic E-state index is 0.00507. The van der Waals surface area contributed by atoms with Gasteiger partial charge >= 0.3 is 12.1 Å². The Hall–Kier alpha value is -3.68. The molecule has 1 aromatic rings. The molecule has 184 valence electrons. The summed E-state index contributed by atoms with van der Waals surface area (Å²) in [5.41, 5.74) is 0.963. The van der Waals surface area contributed by atoms with E-state index in [1.165, 1.54) is 0 Å². The Balaban J connectivity index is 2.41. The second-order valence-electron chi connectivity index (χ2n) is 6.46. The molecule has 0 saturated carbocycles. The van der Waals surface area contributed by atoms with Gasteiger partial charge in [0.2, 0.25) is 0 Å². The molecule has 33 heavy (non-hydrogen) atoms. The molecule has 1 atom stereocenters. The monoisotopic (exact) mass is 473 g/mol. The average molecular weight is 473 g/mol. The highest BCUT2D eigenvalue weighted by atomic mass is 17.0. The van der Waals surface area contributed by atoms with E-state index in [4.69, 9.17) is 14.2 Å². The number of rotatable bonds is 18. The molecule has 0 saturated heterocycles. The fourth-order valence-electron chi connectivity index (χ4n) is 2.47. The molecular weight excluding hydrogens is 446 g/mol. The Morgan fingerprint density at radius 1 is 0.848 bits per heavy atom. The van der Waals surface area contributed by atoms with Crippen LogP contribution in [-0.2, 0) is 35.1 Å². The number of unbranched alkanes of at least 4 members (excludes halogenated alkanes) is 1. The predicted octanol–water partition coefficient (Wildman–Crippen LogP) is 1.47. The van der Waals surface area contributed by atoms with Crippen LogP contribution in [0, 0.1) is 20.2 Å². The van der Waals surface area contributed by atoms with Crippen LogP contribution >= 0.6 is 0 Å². The molecule has 1 amide bonds. The van der Waals surface area contributed by atoms with Crippen molar-refractivity contribution in [3.8, 4) is 0 Å². The van der Waals surface area contributed by atoms with Crippen LogP contribution in [0.5, 0.6) is 0 Å². The van der Waals surface area contributed by atoms with Crippen molar-refractivity contribution < 1.29 is 43.6 Å². The first-order valence-electron chi connectivity index (χ1n) is 10.1. The highest BCUT2D eigenvalue weighted by molar-refractivity contribution is 5.81. The van der Waals surface area contributed by atoms with Crippen molar-refractivity contribution in [1.29, 1.82) is 0 Å². The van der Waals surface area contributed by atoms with Crippen molar-refractivity contribution in [1.82, 2.24) is 5.32 Å². The zero-order chi connectivity index (χ0) is 24.3. The third-order valence-electron chi connectivity index (χ3n) is 4.01. The van der Waals surface area contributed by atoms with E-state index in [1.54, 1.807) is 0 Å². The molecule has 0 radical (unpaired) electrons. The minimum Gasteiger partial charge on any atom is -0.462 e. The van der Waals surface area contributed by atoms with E-state index in [9.17, 15) is 29.8 Å². The number of esters is 1. The summed E-state index contributed by atoms with van der Waals surface area (Å²) in [6.45, 7) is -0.529. The van der Waals surface area contributed by atoms with E-state index >= 15 is 0 Å². The maximum Gasteiger partial charge on any atom is 0.407 e. The van der Waals surface area contributed by atoms with E-state index in [1.807, 2.05) is 30.3 Å². The van der Waals surface area contributed by atoms with Gasteiger partial charge in [0, 0.05) is 0 Å². The SMILES string of the molecule is O=C(NC(CCc1ccccc1)C(=O)OCCOCCO[N+](=O)[O-])OCCCCO[N+](=O)[O-]. The molecule has 0 aliphatic heterocycles. The molecule has 1 unspecified atom stereocenters. The summed E-state index contributed by atoms with van der Waals surface area (Å²) in [6, 6.07) is 8.36. The Morgan fingerprint density at radius 3 is 2.18 bits per heavy atom. The molecule has 0 aromatic heterocycles. The zero-order valence-corrected chi connectivity index (χ0v) is 17.9. The van der Waals surface area contributed by atoms with Crippen molar-refractivity contribution in [3.05, 3.63) is 56.1 Å². The van der Waals surface area contributed by atoms with Gasteiger partial charge in [-0.15, -0.1) is 20.2 Å². The molecule has 0 bridgehead atoms. The van der Waals surface area contributed by atoms with Gasteiger partial charge in [-0.1, -0.05) is 30.3 Å². The quantitative estimate of drug-likeness (QED) is 0.141. The van der Waals surface area contributed by atoms with Gasteiger partial charge in [-0.2, -0.15) is 0 Å². The van der Waals surface area contributed by atoms with Crippen molar-refractivity contribution in [2.75, 3.05) is 39.6 Å². The highest BCUT2D eigenvalue weighted by Gasteiger charge is 2.23. The number of carbonyl (C=O) groups excluding carboxylic acids is 2. The molecule has 14 nitrogen and oxygen atoms in total. The van der Waals surface area contributed by atoms with Crippen molar-refractivity contribution in [2.24, 2.45) is 0 Å². The Kier molecular flexibility index (Phi) is 14.0. The topological polar surface area (TPSA) is 179 Å². The lowest BCUT2D eigenvalue weighted by Crippen LogP contribution is -2.42. The molecule has 0 aliphatic rings. The molecule has 0 spiro atoms. The first-order chi connectivity index (χ1) is 15.9. The number of amides is 1. The molecule has 0 aliphatic carbocycles. The molecule has 14 heteroatoms. The van der Waals surface area contributed by atoms with Gasteiger partial charge in [0.15, 0.2) is 0 Å². The summed E-state index contributed by atoms with van der Waals surface area (Å²) in [4.78, 5) is 52.8. The summed E-state index contributed by atoms with van der Waals surface area (Å²) >= 11 is 0. The lowest BCUT2D eigenvalue weighted by atomic mass is 10.1. The van der Waals surface area contributed by atoms with Gasteiger partial charge in [0.05, 0.1) is 26.4 Å². The van der Waals surface area contributed by atoms with Crippen LogP contribution in [0.4, 0.5) is 4.79 Å². The normalized spacial score (nSPS) is 11.2. The van der Waals surface area contributed by atoms with E-state index in [0.29, 0.717) is 19.3 Å². The standard InChI is InChI=1S/C19H27N3O11/c23-18(30-14-12-29-13-15-33-22(27)28)17(9-8-16-6-2-1-3-7-16)20-19(24)31-10-4-5-11-32-21(25)26/h1-3,6-7,17H,4-5,8-15H2,(H,20,24). The Morgan fingerprint density at radius 2 is 1.48 bits per heavy atom. The fraction of sp³-hybridized carbons (Fsp3) is 0.579. The molecule has 0 heterocycles. The largest absolute Gasteiger partial charge is 0.462 e. The highest BCUT2D eigenvalue weighted by Crippen LogP contribution is 2.07. The van der Waals surface area contributed by atoms with Crippen LogP contribution < -0.4 is 5.32 Å². The smallest absolute Gasteiger partial charge is 0.407 e. The van der Waals surface area contributed by atoms with E-state index in [0.717, 1.165) is 5.56 Å². The molecule has 1 rings (SSSR count). The molecular formula is C19H27N3O11. The molecule has 0 fully saturated rings. The van der Waals surface area contributed by atoms with Crippen LogP contribution in [0.3, 0.4) is 0 Å². The number of hydrogen-bond acceptors (Lipinski definition) is 11. The second kappa shape index (κ2) is 16.9. The lowest BCUT2D eigenvalue weighted by molar-refractivity contribution is -0.758. The van der Waals surface area contributed by atoms with Gasteiger partial charge in [-0.05, 0) is 31.2 Å². The Bertz CT molecular complexity index is 733. The van der Waals surface area contributed by atoms with Crippen LogP contribution in [0.2, 0.25) is 0 Å². The maximum atomic E-state index is 12.4.